The molecule has 1 atom stereocenters. The molecule has 22 heavy (non-hydrogen) atoms. The molecule has 0 bridgehead atoms. The molecule has 1 N–H and O–H groups in total. The molecule has 0 amide bonds. The van der Waals surface area contributed by atoms with Gasteiger partial charge in [0.05, 0.1) is 11.5 Å². The number of esters is 1. The minimum absolute atomic E-state index is 0.0705. The van der Waals surface area contributed by atoms with Crippen LogP contribution in [0.4, 0.5) is 13.2 Å². The maximum atomic E-state index is 12.4. The summed E-state index contributed by atoms with van der Waals surface area (Å²) in [5.74, 6) is -0.645. The van der Waals surface area contributed by atoms with E-state index in [2.05, 4.69) is 0 Å². The summed E-state index contributed by atoms with van der Waals surface area (Å²) in [5.41, 5.74) is -6.17. The van der Waals surface area contributed by atoms with E-state index in [9.17, 15) is 26.4 Å². The van der Waals surface area contributed by atoms with Crippen molar-refractivity contribution in [1.82, 2.24) is 4.72 Å². The summed E-state index contributed by atoms with van der Waals surface area (Å²) < 4.78 is 66.1. The molecule has 0 heterocycles. The zero-order chi connectivity index (χ0) is 17.8. The first-order valence-electron chi connectivity index (χ1n) is 6.98. The van der Waals surface area contributed by atoms with Crippen molar-refractivity contribution < 1.29 is 31.1 Å². The van der Waals surface area contributed by atoms with E-state index in [1.807, 2.05) is 0 Å². The Labute approximate surface area is 129 Å². The third-order valence-corrected chi connectivity index (χ3v) is 4.49. The standard InChI is InChI=1S/C13H24F3NO4S/c1-6-12(4,5)11(18)21-8-10(7-9(2)3)17-22(19,20)13(14,15)16/h9-10,17H,6-8H2,1-5H3. The van der Waals surface area contributed by atoms with E-state index in [1.165, 1.54) is 0 Å². The number of carbonyl (C=O) groups excluding carboxylic acids is 1. The fourth-order valence-corrected chi connectivity index (χ4v) is 2.26. The number of hydrogen-bond donors (Lipinski definition) is 1. The first-order valence-corrected chi connectivity index (χ1v) is 8.47. The van der Waals surface area contributed by atoms with Crippen molar-refractivity contribution >= 4 is 16.0 Å². The molecule has 0 radical (unpaired) electrons. The van der Waals surface area contributed by atoms with E-state index in [0.29, 0.717) is 6.42 Å². The average molecular weight is 347 g/mol. The lowest BCUT2D eigenvalue weighted by atomic mass is 9.91. The van der Waals surface area contributed by atoms with Gasteiger partial charge in [-0.15, -0.1) is 0 Å². The number of ether oxygens (including phenoxy) is 1. The van der Waals surface area contributed by atoms with Crippen molar-refractivity contribution in [2.45, 2.75) is 59.0 Å². The molecule has 5 nitrogen and oxygen atoms in total. The summed E-state index contributed by atoms with van der Waals surface area (Å²) in [5, 5.41) is 0. The van der Waals surface area contributed by atoms with Crippen LogP contribution in [-0.4, -0.2) is 32.5 Å². The molecule has 1 unspecified atom stereocenters. The zero-order valence-electron chi connectivity index (χ0n) is 13.5. The van der Waals surface area contributed by atoms with E-state index in [0.717, 1.165) is 0 Å². The summed E-state index contributed by atoms with van der Waals surface area (Å²) in [6.07, 6.45) is 0.615. The molecule has 0 saturated carbocycles. The first kappa shape index (κ1) is 21.2. The van der Waals surface area contributed by atoms with Gasteiger partial charge in [-0.2, -0.15) is 13.2 Å². The molecule has 0 spiro atoms. The number of hydrogen-bond acceptors (Lipinski definition) is 4. The molecule has 0 saturated heterocycles. The Kier molecular flexibility index (Phi) is 7.34. The predicted octanol–water partition coefficient (Wildman–Crippen LogP) is 2.82. The van der Waals surface area contributed by atoms with Gasteiger partial charge in [-0.1, -0.05) is 20.8 Å². The highest BCUT2D eigenvalue weighted by molar-refractivity contribution is 7.90. The Morgan fingerprint density at radius 2 is 1.73 bits per heavy atom. The van der Waals surface area contributed by atoms with Gasteiger partial charge in [-0.25, -0.2) is 13.1 Å². The number of halogens is 3. The van der Waals surface area contributed by atoms with Crippen molar-refractivity contribution in [1.29, 1.82) is 0 Å². The summed E-state index contributed by atoms with van der Waals surface area (Å²) in [6, 6.07) is -1.12. The van der Waals surface area contributed by atoms with Crippen molar-refractivity contribution in [2.75, 3.05) is 6.61 Å². The smallest absolute Gasteiger partial charge is 0.464 e. The fourth-order valence-electron chi connectivity index (χ4n) is 1.52. The molecule has 0 aliphatic heterocycles. The van der Waals surface area contributed by atoms with Crippen LogP contribution < -0.4 is 4.72 Å². The predicted molar refractivity (Wildman–Crippen MR) is 76.4 cm³/mol. The van der Waals surface area contributed by atoms with E-state index in [4.69, 9.17) is 4.74 Å². The van der Waals surface area contributed by atoms with Crippen LogP contribution in [0.15, 0.2) is 0 Å². The summed E-state index contributed by atoms with van der Waals surface area (Å²) in [6.45, 7) is 8.09. The number of rotatable bonds is 8. The van der Waals surface area contributed by atoms with Crippen LogP contribution in [0, 0.1) is 11.3 Å². The van der Waals surface area contributed by atoms with Crippen LogP contribution in [-0.2, 0) is 19.6 Å². The lowest BCUT2D eigenvalue weighted by Crippen LogP contribution is -2.46. The molecule has 0 aliphatic carbocycles. The first-order chi connectivity index (χ1) is 9.73. The van der Waals surface area contributed by atoms with E-state index < -0.39 is 39.6 Å². The van der Waals surface area contributed by atoms with Crippen LogP contribution in [0.1, 0.15) is 47.5 Å². The molecule has 0 fully saturated rings. The highest BCUT2D eigenvalue weighted by atomic mass is 32.2. The van der Waals surface area contributed by atoms with Gasteiger partial charge < -0.3 is 4.74 Å². The second-order valence-electron chi connectivity index (χ2n) is 6.23. The average Bonchev–Trinajstić information content (AvgIpc) is 2.32. The second kappa shape index (κ2) is 7.63. The molecule has 0 aromatic carbocycles. The fraction of sp³-hybridized carbons (Fsp3) is 0.923. The molecule has 0 aromatic rings. The lowest BCUT2D eigenvalue weighted by Gasteiger charge is -2.25. The van der Waals surface area contributed by atoms with E-state index in [-0.39, 0.29) is 12.3 Å². The van der Waals surface area contributed by atoms with Crippen LogP contribution >= 0.6 is 0 Å². The van der Waals surface area contributed by atoms with Crippen LogP contribution in [0.5, 0.6) is 0 Å². The zero-order valence-corrected chi connectivity index (χ0v) is 14.3. The molecule has 0 aromatic heterocycles. The molecule has 0 rings (SSSR count). The minimum atomic E-state index is -5.47. The quantitative estimate of drug-likeness (QED) is 0.685. The Balaban J connectivity index is 4.92. The van der Waals surface area contributed by atoms with Crippen LogP contribution in [0.3, 0.4) is 0 Å². The maximum Gasteiger partial charge on any atom is 0.511 e. The Bertz CT molecular complexity index is 472. The van der Waals surface area contributed by atoms with Gasteiger partial charge in [-0.3, -0.25) is 4.79 Å². The van der Waals surface area contributed by atoms with Gasteiger partial charge in [0.25, 0.3) is 0 Å². The monoisotopic (exact) mass is 347 g/mol. The molecule has 0 aliphatic rings. The Hall–Kier alpha value is -0.830. The van der Waals surface area contributed by atoms with Crippen molar-refractivity contribution in [3.05, 3.63) is 0 Å². The van der Waals surface area contributed by atoms with Crippen molar-refractivity contribution in [3.8, 4) is 0 Å². The van der Waals surface area contributed by atoms with E-state index >= 15 is 0 Å². The van der Waals surface area contributed by atoms with Gasteiger partial charge >= 0.3 is 21.5 Å². The van der Waals surface area contributed by atoms with E-state index in [1.54, 1.807) is 39.3 Å². The number of nitrogens with one attached hydrogen (secondary N) is 1. The van der Waals surface area contributed by atoms with Gasteiger partial charge in [0.1, 0.15) is 6.61 Å². The molecular formula is C13H24F3NO4S. The largest absolute Gasteiger partial charge is 0.511 e. The van der Waals surface area contributed by atoms with Crippen molar-refractivity contribution in [2.24, 2.45) is 11.3 Å². The second-order valence-corrected chi connectivity index (χ2v) is 7.93. The topological polar surface area (TPSA) is 72.5 Å². The molecular weight excluding hydrogens is 323 g/mol. The van der Waals surface area contributed by atoms with Gasteiger partial charge in [0.15, 0.2) is 0 Å². The highest BCUT2D eigenvalue weighted by Gasteiger charge is 2.47. The lowest BCUT2D eigenvalue weighted by molar-refractivity contribution is -0.154. The summed E-state index contributed by atoms with van der Waals surface area (Å²) in [7, 11) is -5.47. The molecule has 9 heteroatoms. The normalized spacial score (nSPS) is 15.0. The third-order valence-electron chi connectivity index (χ3n) is 3.23. The van der Waals surface area contributed by atoms with Gasteiger partial charge in [0, 0.05) is 0 Å². The van der Waals surface area contributed by atoms with Gasteiger partial charge in [0.2, 0.25) is 0 Å². The highest BCUT2D eigenvalue weighted by Crippen LogP contribution is 2.24. The van der Waals surface area contributed by atoms with Crippen LogP contribution in [0.2, 0.25) is 0 Å². The minimum Gasteiger partial charge on any atom is -0.464 e. The summed E-state index contributed by atoms with van der Waals surface area (Å²) in [4.78, 5) is 11.8. The number of carbonyl (C=O) groups is 1. The number of alkyl halides is 3. The number of sulfonamides is 1. The third kappa shape index (κ3) is 6.51. The SMILES string of the molecule is CCC(C)(C)C(=O)OCC(CC(C)C)NS(=O)(=O)C(F)(F)F. The molecule has 132 valence electrons. The van der Waals surface area contributed by atoms with Crippen molar-refractivity contribution in [3.63, 3.8) is 0 Å². The maximum absolute atomic E-state index is 12.4. The summed E-state index contributed by atoms with van der Waals surface area (Å²) >= 11 is 0. The van der Waals surface area contributed by atoms with Gasteiger partial charge in [-0.05, 0) is 32.6 Å². The Morgan fingerprint density at radius 3 is 2.09 bits per heavy atom. The van der Waals surface area contributed by atoms with Crippen LogP contribution in [0.25, 0.3) is 0 Å². The Morgan fingerprint density at radius 1 is 1.23 bits per heavy atom.